The van der Waals surface area contributed by atoms with E-state index in [0.717, 1.165) is 51.3 Å². The summed E-state index contributed by atoms with van der Waals surface area (Å²) in [6.07, 6.45) is 2.79. The van der Waals surface area contributed by atoms with E-state index in [-0.39, 0.29) is 10.8 Å². The summed E-state index contributed by atoms with van der Waals surface area (Å²) in [5.41, 5.74) is 3.10. The molecule has 0 unspecified atom stereocenters. The van der Waals surface area contributed by atoms with E-state index >= 15 is 0 Å². The van der Waals surface area contributed by atoms with Crippen LogP contribution in [0.5, 0.6) is 5.75 Å². The van der Waals surface area contributed by atoms with Crippen LogP contribution in [0.2, 0.25) is 0 Å². The van der Waals surface area contributed by atoms with Gasteiger partial charge in [-0.05, 0) is 54.3 Å². The van der Waals surface area contributed by atoms with E-state index in [9.17, 15) is 13.2 Å². The van der Waals surface area contributed by atoms with Crippen molar-refractivity contribution < 1.29 is 17.9 Å². The summed E-state index contributed by atoms with van der Waals surface area (Å²) in [5.74, 6) is 0.966. The predicted molar refractivity (Wildman–Crippen MR) is 121 cm³/mol. The number of carbonyl (C=O) groups excluding carboxylic acids is 1. The summed E-state index contributed by atoms with van der Waals surface area (Å²) >= 11 is 0. The smallest absolute Gasteiger partial charge is 0.253 e. The average Bonchev–Trinajstić information content (AvgIpc) is 3.52. The maximum Gasteiger partial charge on any atom is 0.253 e. The molecule has 0 atom stereocenters. The zero-order chi connectivity index (χ0) is 22.1. The first-order valence-electron chi connectivity index (χ1n) is 11.4. The van der Waals surface area contributed by atoms with Crippen LogP contribution in [0.1, 0.15) is 34.3 Å². The Kier molecular flexibility index (Phi) is 5.92. The van der Waals surface area contributed by atoms with Gasteiger partial charge < -0.3 is 9.64 Å². The van der Waals surface area contributed by atoms with Gasteiger partial charge in [0, 0.05) is 57.8 Å². The highest BCUT2D eigenvalue weighted by Crippen LogP contribution is 2.26. The number of benzene rings is 2. The van der Waals surface area contributed by atoms with E-state index in [0.29, 0.717) is 31.7 Å². The minimum absolute atomic E-state index is 0.0375. The van der Waals surface area contributed by atoms with Crippen LogP contribution in [0.25, 0.3) is 0 Å². The lowest BCUT2D eigenvalue weighted by atomic mass is 10.1. The fourth-order valence-electron chi connectivity index (χ4n) is 4.74. The minimum atomic E-state index is -3.45. The monoisotopic (exact) mass is 455 g/mol. The zero-order valence-corrected chi connectivity index (χ0v) is 19.0. The standard InChI is InChI=1S/C24H29N3O4S/c28-24(20-4-6-22(7-5-20)32(29,30)27-10-1-2-11-27)26-14-12-25(13-15-26)18-19-3-8-23-21(17-19)9-16-31-23/h3-8,17H,1-2,9-16,18H2. The molecule has 7 nitrogen and oxygen atoms in total. The molecule has 0 N–H and O–H groups in total. The second-order valence-corrected chi connectivity index (χ2v) is 10.7. The number of hydrogen-bond acceptors (Lipinski definition) is 5. The molecule has 0 saturated carbocycles. The molecule has 170 valence electrons. The molecule has 1 amide bonds. The van der Waals surface area contributed by atoms with E-state index in [2.05, 4.69) is 23.1 Å². The Morgan fingerprint density at radius 1 is 0.906 bits per heavy atom. The second kappa shape index (κ2) is 8.84. The first-order chi connectivity index (χ1) is 15.5. The van der Waals surface area contributed by atoms with Crippen molar-refractivity contribution in [3.63, 3.8) is 0 Å². The Labute approximate surface area is 189 Å². The third-order valence-electron chi connectivity index (χ3n) is 6.62. The summed E-state index contributed by atoms with van der Waals surface area (Å²) < 4.78 is 32.5. The molecule has 0 bridgehead atoms. The molecular weight excluding hydrogens is 426 g/mol. The lowest BCUT2D eigenvalue weighted by molar-refractivity contribution is 0.0628. The summed E-state index contributed by atoms with van der Waals surface area (Å²) in [6, 6.07) is 12.8. The maximum atomic E-state index is 12.9. The fraction of sp³-hybridized carbons (Fsp3) is 0.458. The van der Waals surface area contributed by atoms with Gasteiger partial charge in [0.1, 0.15) is 5.75 Å². The van der Waals surface area contributed by atoms with E-state index in [1.807, 2.05) is 4.90 Å². The SMILES string of the molecule is O=C(c1ccc(S(=O)(=O)N2CCCC2)cc1)N1CCN(Cc2ccc3c(c2)CCO3)CC1. The summed E-state index contributed by atoms with van der Waals surface area (Å²) in [6.45, 7) is 5.77. The average molecular weight is 456 g/mol. The number of piperazine rings is 1. The molecule has 0 spiro atoms. The molecule has 0 aromatic heterocycles. The van der Waals surface area contributed by atoms with Gasteiger partial charge in [0.05, 0.1) is 11.5 Å². The number of hydrogen-bond donors (Lipinski definition) is 0. The van der Waals surface area contributed by atoms with Gasteiger partial charge in [0.15, 0.2) is 0 Å². The number of carbonyl (C=O) groups is 1. The van der Waals surface area contributed by atoms with Crippen molar-refractivity contribution in [1.29, 1.82) is 0 Å². The first kappa shape index (κ1) is 21.4. The Hall–Kier alpha value is -2.42. The van der Waals surface area contributed by atoms with Crippen LogP contribution in [0.3, 0.4) is 0 Å². The number of nitrogens with zero attached hydrogens (tertiary/aromatic N) is 3. The summed E-state index contributed by atoms with van der Waals surface area (Å²) in [7, 11) is -3.45. The maximum absolute atomic E-state index is 12.9. The highest BCUT2D eigenvalue weighted by Gasteiger charge is 2.28. The second-order valence-electron chi connectivity index (χ2n) is 8.74. The molecular formula is C24H29N3O4S. The van der Waals surface area contributed by atoms with Gasteiger partial charge in [0.25, 0.3) is 5.91 Å². The molecule has 0 aliphatic carbocycles. The fourth-order valence-corrected chi connectivity index (χ4v) is 6.25. The molecule has 0 radical (unpaired) electrons. The molecule has 3 heterocycles. The molecule has 5 rings (SSSR count). The van der Waals surface area contributed by atoms with Crippen LogP contribution >= 0.6 is 0 Å². The van der Waals surface area contributed by atoms with Gasteiger partial charge in [-0.25, -0.2) is 8.42 Å². The number of sulfonamides is 1. The van der Waals surface area contributed by atoms with Crippen molar-refractivity contribution in [2.45, 2.75) is 30.7 Å². The molecule has 2 saturated heterocycles. The van der Waals surface area contributed by atoms with Gasteiger partial charge in [0.2, 0.25) is 10.0 Å². The number of ether oxygens (including phenoxy) is 1. The highest BCUT2D eigenvalue weighted by atomic mass is 32.2. The minimum Gasteiger partial charge on any atom is -0.493 e. The largest absolute Gasteiger partial charge is 0.493 e. The van der Waals surface area contributed by atoms with Crippen molar-refractivity contribution >= 4 is 15.9 Å². The predicted octanol–water partition coefficient (Wildman–Crippen LogP) is 2.36. The van der Waals surface area contributed by atoms with Crippen LogP contribution in [-0.4, -0.2) is 74.3 Å². The van der Waals surface area contributed by atoms with E-state index < -0.39 is 10.0 Å². The van der Waals surface area contributed by atoms with Gasteiger partial charge in [-0.2, -0.15) is 4.31 Å². The van der Waals surface area contributed by atoms with Crippen LogP contribution in [-0.2, 0) is 23.0 Å². The Balaban J connectivity index is 1.17. The van der Waals surface area contributed by atoms with E-state index in [1.54, 1.807) is 24.3 Å². The Morgan fingerprint density at radius 3 is 2.34 bits per heavy atom. The number of rotatable bonds is 5. The lowest BCUT2D eigenvalue weighted by Gasteiger charge is -2.35. The normalized spacial score (nSPS) is 19.7. The van der Waals surface area contributed by atoms with Crippen LogP contribution in [0.15, 0.2) is 47.4 Å². The highest BCUT2D eigenvalue weighted by molar-refractivity contribution is 7.89. The molecule has 32 heavy (non-hydrogen) atoms. The van der Waals surface area contributed by atoms with Crippen LogP contribution in [0.4, 0.5) is 0 Å². The van der Waals surface area contributed by atoms with Crippen molar-refractivity contribution in [1.82, 2.24) is 14.1 Å². The van der Waals surface area contributed by atoms with Crippen molar-refractivity contribution in [2.75, 3.05) is 45.9 Å². The third-order valence-corrected chi connectivity index (χ3v) is 8.54. The molecule has 2 aromatic rings. The summed E-state index contributed by atoms with van der Waals surface area (Å²) in [5, 5.41) is 0. The molecule has 8 heteroatoms. The quantitative estimate of drug-likeness (QED) is 0.692. The van der Waals surface area contributed by atoms with E-state index in [1.165, 1.54) is 15.4 Å². The van der Waals surface area contributed by atoms with Crippen molar-refractivity contribution in [2.24, 2.45) is 0 Å². The van der Waals surface area contributed by atoms with Gasteiger partial charge in [-0.1, -0.05) is 12.1 Å². The Morgan fingerprint density at radius 2 is 1.62 bits per heavy atom. The van der Waals surface area contributed by atoms with Crippen LogP contribution in [0, 0.1) is 0 Å². The molecule has 2 fully saturated rings. The molecule has 3 aliphatic heterocycles. The molecule has 3 aliphatic rings. The van der Waals surface area contributed by atoms with Crippen LogP contribution < -0.4 is 4.74 Å². The van der Waals surface area contributed by atoms with Gasteiger partial charge in [-0.15, -0.1) is 0 Å². The van der Waals surface area contributed by atoms with Crippen molar-refractivity contribution in [3.8, 4) is 5.75 Å². The van der Waals surface area contributed by atoms with Crippen molar-refractivity contribution in [3.05, 3.63) is 59.2 Å². The van der Waals surface area contributed by atoms with E-state index in [4.69, 9.17) is 4.74 Å². The van der Waals surface area contributed by atoms with Gasteiger partial charge in [-0.3, -0.25) is 9.69 Å². The lowest BCUT2D eigenvalue weighted by Crippen LogP contribution is -2.48. The number of amides is 1. The summed E-state index contributed by atoms with van der Waals surface area (Å²) in [4.78, 5) is 17.4. The Bertz CT molecular complexity index is 1090. The number of fused-ring (bicyclic) bond motifs is 1. The first-order valence-corrected chi connectivity index (χ1v) is 12.8. The zero-order valence-electron chi connectivity index (χ0n) is 18.2. The topological polar surface area (TPSA) is 70.2 Å². The van der Waals surface area contributed by atoms with Gasteiger partial charge >= 0.3 is 0 Å². The molecule has 2 aromatic carbocycles. The third kappa shape index (κ3) is 4.27.